The zero-order valence-electron chi connectivity index (χ0n) is 10.9. The van der Waals surface area contributed by atoms with Gasteiger partial charge in [-0.1, -0.05) is 31.9 Å². The lowest BCUT2D eigenvalue weighted by Crippen LogP contribution is -2.20. The average Bonchev–Trinajstić information content (AvgIpc) is 2.34. The summed E-state index contributed by atoms with van der Waals surface area (Å²) in [6.45, 7) is 2.90. The maximum atomic E-state index is 10.8. The molecule has 1 aromatic rings. The van der Waals surface area contributed by atoms with E-state index in [9.17, 15) is 4.79 Å². The van der Waals surface area contributed by atoms with Crippen LogP contribution in [0.4, 0.5) is 0 Å². The molecule has 0 aliphatic carbocycles. The Bertz CT molecular complexity index is 363. The minimum Gasteiger partial charge on any atom is -0.494 e. The van der Waals surface area contributed by atoms with Crippen LogP contribution in [-0.4, -0.2) is 12.5 Å². The molecule has 1 atom stereocenters. The highest BCUT2D eigenvalue weighted by Crippen LogP contribution is 2.18. The molecule has 0 spiro atoms. The van der Waals surface area contributed by atoms with Crippen molar-refractivity contribution in [1.82, 2.24) is 0 Å². The second kappa shape index (κ2) is 7.71. The molecule has 4 heteroatoms. The zero-order valence-corrected chi connectivity index (χ0v) is 10.9. The number of hydrogen-bond acceptors (Lipinski definition) is 3. The molecule has 4 N–H and O–H groups in total. The lowest BCUT2D eigenvalue weighted by atomic mass is 10.0. The van der Waals surface area contributed by atoms with E-state index in [1.165, 1.54) is 12.8 Å². The molecule has 1 rings (SSSR count). The van der Waals surface area contributed by atoms with Crippen molar-refractivity contribution in [3.05, 3.63) is 29.8 Å². The monoisotopic (exact) mass is 250 g/mol. The van der Waals surface area contributed by atoms with Crippen LogP contribution in [0.15, 0.2) is 24.3 Å². The van der Waals surface area contributed by atoms with Crippen LogP contribution in [0.3, 0.4) is 0 Å². The van der Waals surface area contributed by atoms with E-state index in [2.05, 4.69) is 6.92 Å². The van der Waals surface area contributed by atoms with Crippen LogP contribution in [0, 0.1) is 0 Å². The Labute approximate surface area is 108 Å². The van der Waals surface area contributed by atoms with Crippen molar-refractivity contribution in [3.8, 4) is 5.75 Å². The first-order chi connectivity index (χ1) is 8.63. The third kappa shape index (κ3) is 5.19. The van der Waals surface area contributed by atoms with E-state index < -0.39 is 0 Å². The summed E-state index contributed by atoms with van der Waals surface area (Å²) in [5.41, 5.74) is 11.9. The molecule has 100 valence electrons. The van der Waals surface area contributed by atoms with Gasteiger partial charge >= 0.3 is 0 Å². The second-order valence-electron chi connectivity index (χ2n) is 4.40. The van der Waals surface area contributed by atoms with E-state index in [0.717, 1.165) is 24.3 Å². The second-order valence-corrected chi connectivity index (χ2v) is 4.40. The number of ether oxygens (including phenoxy) is 1. The van der Waals surface area contributed by atoms with Crippen molar-refractivity contribution in [2.24, 2.45) is 11.5 Å². The zero-order chi connectivity index (χ0) is 13.4. The van der Waals surface area contributed by atoms with Gasteiger partial charge in [0.25, 0.3) is 0 Å². The molecule has 4 nitrogen and oxygen atoms in total. The molecule has 0 saturated heterocycles. The number of primary amides is 1. The maximum Gasteiger partial charge on any atom is 0.219 e. The van der Waals surface area contributed by atoms with Crippen molar-refractivity contribution in [2.75, 3.05) is 6.61 Å². The van der Waals surface area contributed by atoms with Crippen LogP contribution >= 0.6 is 0 Å². The number of carbonyl (C=O) groups excluding carboxylic acids is 1. The van der Waals surface area contributed by atoms with E-state index in [0.29, 0.717) is 0 Å². The Morgan fingerprint density at radius 2 is 1.94 bits per heavy atom. The molecule has 0 saturated carbocycles. The minimum atomic E-state index is -0.387. The fraction of sp³-hybridized carbons (Fsp3) is 0.500. The third-order valence-corrected chi connectivity index (χ3v) is 2.75. The number of hydrogen-bond donors (Lipinski definition) is 2. The van der Waals surface area contributed by atoms with E-state index in [1.54, 1.807) is 0 Å². The third-order valence-electron chi connectivity index (χ3n) is 2.75. The van der Waals surface area contributed by atoms with E-state index in [1.807, 2.05) is 24.3 Å². The van der Waals surface area contributed by atoms with Gasteiger partial charge in [-0.2, -0.15) is 0 Å². The topological polar surface area (TPSA) is 78.3 Å². The summed E-state index contributed by atoms with van der Waals surface area (Å²) < 4.78 is 5.59. The SMILES string of the molecule is CCCCCOc1ccc(C(N)CC(N)=O)cc1. The van der Waals surface area contributed by atoms with Gasteiger partial charge in [0.1, 0.15) is 5.75 Å². The summed E-state index contributed by atoms with van der Waals surface area (Å²) in [5.74, 6) is 0.448. The molecule has 1 amide bonds. The van der Waals surface area contributed by atoms with Gasteiger partial charge in [-0.15, -0.1) is 0 Å². The van der Waals surface area contributed by atoms with Gasteiger partial charge < -0.3 is 16.2 Å². The van der Waals surface area contributed by atoms with E-state index >= 15 is 0 Å². The lowest BCUT2D eigenvalue weighted by Gasteiger charge is -2.11. The van der Waals surface area contributed by atoms with E-state index in [4.69, 9.17) is 16.2 Å². The fourth-order valence-corrected chi connectivity index (χ4v) is 1.69. The van der Waals surface area contributed by atoms with Crippen LogP contribution < -0.4 is 16.2 Å². The first kappa shape index (κ1) is 14.5. The van der Waals surface area contributed by atoms with Gasteiger partial charge in [0, 0.05) is 12.5 Å². The predicted molar refractivity (Wildman–Crippen MR) is 72.2 cm³/mol. The quantitative estimate of drug-likeness (QED) is 0.694. The molecular weight excluding hydrogens is 228 g/mol. The Morgan fingerprint density at radius 1 is 1.28 bits per heavy atom. The summed E-state index contributed by atoms with van der Waals surface area (Å²) in [7, 11) is 0. The normalized spacial score (nSPS) is 12.1. The number of benzene rings is 1. The summed E-state index contributed by atoms with van der Waals surface area (Å²) in [6, 6.07) is 7.17. The number of carbonyl (C=O) groups is 1. The molecule has 18 heavy (non-hydrogen) atoms. The Morgan fingerprint density at radius 3 is 2.50 bits per heavy atom. The van der Waals surface area contributed by atoms with Gasteiger partial charge in [0.05, 0.1) is 6.61 Å². The molecule has 0 bridgehead atoms. The van der Waals surface area contributed by atoms with Crippen LogP contribution in [-0.2, 0) is 4.79 Å². The molecule has 0 aliphatic heterocycles. The van der Waals surface area contributed by atoms with Crippen LogP contribution in [0.1, 0.15) is 44.2 Å². The van der Waals surface area contributed by atoms with Crippen LogP contribution in [0.2, 0.25) is 0 Å². The fourth-order valence-electron chi connectivity index (χ4n) is 1.69. The van der Waals surface area contributed by atoms with E-state index in [-0.39, 0.29) is 18.4 Å². The number of nitrogens with two attached hydrogens (primary N) is 2. The van der Waals surface area contributed by atoms with Crippen molar-refractivity contribution >= 4 is 5.91 Å². The number of amides is 1. The smallest absolute Gasteiger partial charge is 0.219 e. The summed E-state index contributed by atoms with van der Waals surface area (Å²) in [4.78, 5) is 10.8. The largest absolute Gasteiger partial charge is 0.494 e. The summed E-state index contributed by atoms with van der Waals surface area (Å²) >= 11 is 0. The predicted octanol–water partition coefficient (Wildman–Crippen LogP) is 2.13. The highest BCUT2D eigenvalue weighted by molar-refractivity contribution is 5.74. The Hall–Kier alpha value is -1.55. The molecule has 1 unspecified atom stereocenters. The van der Waals surface area contributed by atoms with Crippen molar-refractivity contribution < 1.29 is 9.53 Å². The molecule has 0 aromatic heterocycles. The molecule has 0 heterocycles. The number of rotatable bonds is 8. The van der Waals surface area contributed by atoms with Crippen LogP contribution in [0.25, 0.3) is 0 Å². The summed E-state index contributed by atoms with van der Waals surface area (Å²) in [5, 5.41) is 0. The number of unbranched alkanes of at least 4 members (excludes halogenated alkanes) is 2. The summed E-state index contributed by atoms with van der Waals surface area (Å²) in [6.07, 6.45) is 3.60. The van der Waals surface area contributed by atoms with Gasteiger partial charge in [-0.3, -0.25) is 4.79 Å². The Balaban J connectivity index is 2.44. The standard InChI is InChI=1S/C14H22N2O2/c1-2-3-4-9-18-12-7-5-11(6-8-12)13(15)10-14(16)17/h5-8,13H,2-4,9-10,15H2,1H3,(H2,16,17). The first-order valence-corrected chi connectivity index (χ1v) is 6.40. The molecule has 1 aromatic carbocycles. The maximum absolute atomic E-state index is 10.8. The highest BCUT2D eigenvalue weighted by Gasteiger charge is 2.08. The van der Waals surface area contributed by atoms with Gasteiger partial charge in [0.15, 0.2) is 0 Å². The van der Waals surface area contributed by atoms with Crippen molar-refractivity contribution in [3.63, 3.8) is 0 Å². The lowest BCUT2D eigenvalue weighted by molar-refractivity contribution is -0.118. The molecular formula is C14H22N2O2. The van der Waals surface area contributed by atoms with Crippen molar-refractivity contribution in [1.29, 1.82) is 0 Å². The first-order valence-electron chi connectivity index (χ1n) is 6.40. The van der Waals surface area contributed by atoms with Crippen LogP contribution in [0.5, 0.6) is 5.75 Å². The van der Waals surface area contributed by atoms with Gasteiger partial charge in [0.2, 0.25) is 5.91 Å². The highest BCUT2D eigenvalue weighted by atomic mass is 16.5. The van der Waals surface area contributed by atoms with Crippen molar-refractivity contribution in [2.45, 2.75) is 38.6 Å². The van der Waals surface area contributed by atoms with Gasteiger partial charge in [-0.25, -0.2) is 0 Å². The average molecular weight is 250 g/mol. The molecule has 0 fully saturated rings. The molecule has 0 radical (unpaired) electrons. The minimum absolute atomic E-state index is 0.163. The molecule has 0 aliphatic rings. The van der Waals surface area contributed by atoms with Gasteiger partial charge in [-0.05, 0) is 24.1 Å². The Kier molecular flexibility index (Phi) is 6.22.